The van der Waals surface area contributed by atoms with Crippen LogP contribution in [0.4, 0.5) is 0 Å². The number of hydrogen-bond donors (Lipinski definition) is 2. The van der Waals surface area contributed by atoms with E-state index in [2.05, 4.69) is 10.6 Å². The summed E-state index contributed by atoms with van der Waals surface area (Å²) in [6, 6.07) is 6.54. The first-order valence-corrected chi connectivity index (χ1v) is 10.5. The minimum atomic E-state index is -0.505. The zero-order chi connectivity index (χ0) is 20.1. The number of fused-ring (bicyclic) bond motifs is 1. The van der Waals surface area contributed by atoms with Gasteiger partial charge < -0.3 is 20.3 Å². The van der Waals surface area contributed by atoms with Crippen molar-refractivity contribution in [3.05, 3.63) is 29.8 Å². The topological polar surface area (TPSA) is 70.7 Å². The fraction of sp³-hybridized carbons (Fsp3) is 0.636. The van der Waals surface area contributed by atoms with Gasteiger partial charge in [0.15, 0.2) is 0 Å². The van der Waals surface area contributed by atoms with E-state index in [0.29, 0.717) is 24.0 Å². The molecule has 2 heterocycles. The maximum atomic E-state index is 13.2. The van der Waals surface area contributed by atoms with Gasteiger partial charge in [0, 0.05) is 18.7 Å². The number of hydrogen-bond acceptors (Lipinski definition) is 4. The summed E-state index contributed by atoms with van der Waals surface area (Å²) >= 11 is 0. The summed E-state index contributed by atoms with van der Waals surface area (Å²) in [6.45, 7) is 10.2. The van der Waals surface area contributed by atoms with Gasteiger partial charge in [0.1, 0.15) is 11.8 Å². The minimum Gasteiger partial charge on any atom is -0.494 e. The molecule has 2 aliphatic rings. The SMILES string of the molecule is CCOc1ccc(C(=O)NC(C(=O)N2CC[C@@H]3CNC[C@@H]3CC2)C(C)C)cc1. The Bertz CT molecular complexity index is 660. The van der Waals surface area contributed by atoms with Gasteiger partial charge in [0.2, 0.25) is 5.91 Å². The van der Waals surface area contributed by atoms with Crippen LogP contribution in [-0.4, -0.2) is 55.5 Å². The summed E-state index contributed by atoms with van der Waals surface area (Å²) < 4.78 is 5.42. The van der Waals surface area contributed by atoms with Crippen molar-refractivity contribution in [1.29, 1.82) is 0 Å². The quantitative estimate of drug-likeness (QED) is 0.786. The van der Waals surface area contributed by atoms with E-state index in [1.54, 1.807) is 24.3 Å². The zero-order valence-corrected chi connectivity index (χ0v) is 17.2. The normalized spacial score (nSPS) is 23.1. The molecule has 2 aliphatic heterocycles. The monoisotopic (exact) mass is 387 g/mol. The molecule has 3 rings (SSSR count). The molecule has 2 saturated heterocycles. The largest absolute Gasteiger partial charge is 0.494 e. The molecule has 154 valence electrons. The highest BCUT2D eigenvalue weighted by Gasteiger charge is 2.34. The van der Waals surface area contributed by atoms with Crippen LogP contribution in [0, 0.1) is 17.8 Å². The molecular formula is C22H33N3O3. The number of benzene rings is 1. The van der Waals surface area contributed by atoms with Gasteiger partial charge in [-0.2, -0.15) is 0 Å². The molecular weight excluding hydrogens is 354 g/mol. The summed E-state index contributed by atoms with van der Waals surface area (Å²) in [5, 5.41) is 6.43. The van der Waals surface area contributed by atoms with E-state index in [1.807, 2.05) is 25.7 Å². The summed E-state index contributed by atoms with van der Waals surface area (Å²) in [7, 11) is 0. The van der Waals surface area contributed by atoms with Crippen molar-refractivity contribution in [3.63, 3.8) is 0 Å². The summed E-state index contributed by atoms with van der Waals surface area (Å²) in [6.07, 6.45) is 2.09. The highest BCUT2D eigenvalue weighted by Crippen LogP contribution is 2.27. The standard InChI is InChI=1S/C22H33N3O3/c1-4-28-19-7-5-16(6-8-19)21(26)24-20(15(2)3)22(27)25-11-9-17-13-23-14-18(17)10-12-25/h5-8,15,17-18,20,23H,4,9-14H2,1-3H3,(H,24,26)/t17-,18+,20?. The van der Waals surface area contributed by atoms with Crippen LogP contribution in [-0.2, 0) is 4.79 Å². The molecule has 0 spiro atoms. The lowest BCUT2D eigenvalue weighted by molar-refractivity contribution is -0.134. The second kappa shape index (κ2) is 9.41. The van der Waals surface area contributed by atoms with Crippen molar-refractivity contribution in [2.24, 2.45) is 17.8 Å². The van der Waals surface area contributed by atoms with Crippen LogP contribution in [0.5, 0.6) is 5.75 Å². The molecule has 0 radical (unpaired) electrons. The van der Waals surface area contributed by atoms with Crippen molar-refractivity contribution in [3.8, 4) is 5.75 Å². The van der Waals surface area contributed by atoms with Gasteiger partial charge in [-0.05, 0) is 74.9 Å². The Morgan fingerprint density at radius 2 is 1.75 bits per heavy atom. The Morgan fingerprint density at radius 3 is 2.29 bits per heavy atom. The predicted molar refractivity (Wildman–Crippen MR) is 109 cm³/mol. The first-order valence-electron chi connectivity index (χ1n) is 10.5. The van der Waals surface area contributed by atoms with Crippen LogP contribution in [0.1, 0.15) is 44.0 Å². The number of nitrogens with one attached hydrogen (secondary N) is 2. The molecule has 2 N–H and O–H groups in total. The molecule has 3 atom stereocenters. The number of carbonyl (C=O) groups is 2. The summed E-state index contributed by atoms with van der Waals surface area (Å²) in [5.41, 5.74) is 0.540. The number of ether oxygens (including phenoxy) is 1. The van der Waals surface area contributed by atoms with Crippen LogP contribution in [0.3, 0.4) is 0 Å². The molecule has 0 aliphatic carbocycles. The van der Waals surface area contributed by atoms with Gasteiger partial charge in [-0.25, -0.2) is 0 Å². The molecule has 0 aromatic heterocycles. The molecule has 0 saturated carbocycles. The van der Waals surface area contributed by atoms with E-state index in [1.165, 1.54) is 0 Å². The number of likely N-dealkylation sites (tertiary alicyclic amines) is 1. The maximum Gasteiger partial charge on any atom is 0.251 e. The molecule has 2 fully saturated rings. The third-order valence-corrected chi connectivity index (χ3v) is 5.98. The Hall–Kier alpha value is -2.08. The van der Waals surface area contributed by atoms with Crippen molar-refractivity contribution in [2.45, 2.75) is 39.7 Å². The van der Waals surface area contributed by atoms with E-state index in [-0.39, 0.29) is 17.7 Å². The number of nitrogens with zero attached hydrogens (tertiary/aromatic N) is 1. The number of rotatable bonds is 6. The van der Waals surface area contributed by atoms with Crippen molar-refractivity contribution < 1.29 is 14.3 Å². The lowest BCUT2D eigenvalue weighted by atomic mass is 9.92. The average molecular weight is 388 g/mol. The van der Waals surface area contributed by atoms with Crippen LogP contribution in [0.25, 0.3) is 0 Å². The Balaban J connectivity index is 1.63. The van der Waals surface area contributed by atoms with Crippen LogP contribution in [0.2, 0.25) is 0 Å². The van der Waals surface area contributed by atoms with Gasteiger partial charge in [0.25, 0.3) is 5.91 Å². The lowest BCUT2D eigenvalue weighted by Gasteiger charge is -2.29. The van der Waals surface area contributed by atoms with E-state index < -0.39 is 6.04 Å². The number of carbonyl (C=O) groups excluding carboxylic acids is 2. The summed E-state index contributed by atoms with van der Waals surface area (Å²) in [4.78, 5) is 27.9. The van der Waals surface area contributed by atoms with E-state index in [4.69, 9.17) is 4.74 Å². The maximum absolute atomic E-state index is 13.2. The molecule has 6 nitrogen and oxygen atoms in total. The Morgan fingerprint density at radius 1 is 1.14 bits per heavy atom. The first kappa shape index (κ1) is 20.6. The van der Waals surface area contributed by atoms with E-state index >= 15 is 0 Å². The van der Waals surface area contributed by atoms with Crippen LogP contribution >= 0.6 is 0 Å². The van der Waals surface area contributed by atoms with Gasteiger partial charge >= 0.3 is 0 Å². The molecule has 6 heteroatoms. The molecule has 1 aromatic carbocycles. The second-order valence-corrected chi connectivity index (χ2v) is 8.23. The third-order valence-electron chi connectivity index (χ3n) is 5.98. The third kappa shape index (κ3) is 4.85. The molecule has 0 bridgehead atoms. The first-order chi connectivity index (χ1) is 13.5. The van der Waals surface area contributed by atoms with Gasteiger partial charge in [-0.3, -0.25) is 9.59 Å². The van der Waals surface area contributed by atoms with Crippen molar-refractivity contribution in [2.75, 3.05) is 32.8 Å². The van der Waals surface area contributed by atoms with Gasteiger partial charge in [-0.1, -0.05) is 13.8 Å². The van der Waals surface area contributed by atoms with E-state index in [0.717, 1.165) is 44.8 Å². The minimum absolute atomic E-state index is 0.0311. The van der Waals surface area contributed by atoms with E-state index in [9.17, 15) is 9.59 Å². The second-order valence-electron chi connectivity index (χ2n) is 8.23. The van der Waals surface area contributed by atoms with Gasteiger partial charge in [-0.15, -0.1) is 0 Å². The highest BCUT2D eigenvalue weighted by atomic mass is 16.5. The molecule has 28 heavy (non-hydrogen) atoms. The number of amides is 2. The predicted octanol–water partition coefficient (Wildman–Crippen LogP) is 2.30. The smallest absolute Gasteiger partial charge is 0.251 e. The van der Waals surface area contributed by atoms with Gasteiger partial charge in [0.05, 0.1) is 6.61 Å². The molecule has 1 unspecified atom stereocenters. The Labute approximate surface area is 168 Å². The van der Waals surface area contributed by atoms with Crippen molar-refractivity contribution in [1.82, 2.24) is 15.5 Å². The summed E-state index contributed by atoms with van der Waals surface area (Å²) in [5.74, 6) is 1.94. The highest BCUT2D eigenvalue weighted by molar-refractivity contribution is 5.97. The molecule has 2 amide bonds. The average Bonchev–Trinajstić information content (AvgIpc) is 3.04. The Kier molecular flexibility index (Phi) is 6.94. The zero-order valence-electron chi connectivity index (χ0n) is 17.2. The van der Waals surface area contributed by atoms with Crippen LogP contribution < -0.4 is 15.4 Å². The van der Waals surface area contributed by atoms with Crippen LogP contribution in [0.15, 0.2) is 24.3 Å². The fourth-order valence-corrected chi connectivity index (χ4v) is 4.24. The lowest BCUT2D eigenvalue weighted by Crippen LogP contribution is -2.51. The fourth-order valence-electron chi connectivity index (χ4n) is 4.24. The van der Waals surface area contributed by atoms with Crippen molar-refractivity contribution >= 4 is 11.8 Å². The molecule has 1 aromatic rings.